The normalized spacial score (nSPS) is 16.5. The summed E-state index contributed by atoms with van der Waals surface area (Å²) >= 11 is 0. The molecule has 0 bridgehead atoms. The zero-order chi connectivity index (χ0) is 21.6. The van der Waals surface area contributed by atoms with Crippen LogP contribution in [0.1, 0.15) is 56.7 Å². The van der Waals surface area contributed by atoms with Crippen LogP contribution in [-0.2, 0) is 20.0 Å². The maximum atomic E-state index is 5.24. The van der Waals surface area contributed by atoms with Crippen LogP contribution in [0.2, 0.25) is 0 Å². The number of benzene rings is 1. The lowest BCUT2D eigenvalue weighted by Crippen LogP contribution is -2.46. The first-order valence-corrected chi connectivity index (χ1v) is 10.9. The number of halogens is 1. The van der Waals surface area contributed by atoms with Crippen LogP contribution in [0.25, 0.3) is 0 Å². The molecule has 2 aromatic rings. The van der Waals surface area contributed by atoms with Gasteiger partial charge in [-0.1, -0.05) is 26.0 Å². The molecular formula is C23H37IN6O. The van der Waals surface area contributed by atoms with Crippen molar-refractivity contribution in [3.05, 3.63) is 41.5 Å². The molecule has 7 nitrogen and oxygen atoms in total. The summed E-state index contributed by atoms with van der Waals surface area (Å²) in [5.74, 6) is 3.51. The molecular weight excluding hydrogens is 503 g/mol. The first-order chi connectivity index (χ1) is 14.4. The molecule has 1 aromatic heterocycles. The van der Waals surface area contributed by atoms with E-state index in [0.717, 1.165) is 36.3 Å². The Balaban J connectivity index is 0.00000341. The summed E-state index contributed by atoms with van der Waals surface area (Å²) in [5.41, 5.74) is 1.72. The Morgan fingerprint density at radius 2 is 1.87 bits per heavy atom. The molecule has 31 heavy (non-hydrogen) atoms. The van der Waals surface area contributed by atoms with Crippen LogP contribution in [-0.4, -0.2) is 40.4 Å². The van der Waals surface area contributed by atoms with E-state index in [4.69, 9.17) is 9.73 Å². The molecule has 8 heteroatoms. The molecule has 3 rings (SSSR count). The van der Waals surface area contributed by atoms with E-state index in [2.05, 4.69) is 46.8 Å². The van der Waals surface area contributed by atoms with Crippen LogP contribution in [0.3, 0.4) is 0 Å². The molecule has 1 aliphatic rings. The Bertz CT molecular complexity index is 836. The molecule has 0 radical (unpaired) electrons. The smallest absolute Gasteiger partial charge is 0.191 e. The van der Waals surface area contributed by atoms with E-state index in [-0.39, 0.29) is 24.0 Å². The van der Waals surface area contributed by atoms with E-state index < -0.39 is 0 Å². The van der Waals surface area contributed by atoms with Gasteiger partial charge in [0.15, 0.2) is 11.8 Å². The number of rotatable bonds is 7. The van der Waals surface area contributed by atoms with Crippen LogP contribution in [0.4, 0.5) is 0 Å². The largest absolute Gasteiger partial charge is 0.497 e. The van der Waals surface area contributed by atoms with Crippen molar-refractivity contribution in [2.24, 2.45) is 17.5 Å². The quantitative estimate of drug-likeness (QED) is 0.316. The number of hydrogen-bond acceptors (Lipinski definition) is 4. The van der Waals surface area contributed by atoms with Gasteiger partial charge in [0.25, 0.3) is 0 Å². The summed E-state index contributed by atoms with van der Waals surface area (Å²) < 4.78 is 7.23. The lowest BCUT2D eigenvalue weighted by atomic mass is 9.75. The molecule has 0 aliphatic heterocycles. The second-order valence-corrected chi connectivity index (χ2v) is 8.99. The van der Waals surface area contributed by atoms with E-state index in [9.17, 15) is 0 Å². The van der Waals surface area contributed by atoms with Gasteiger partial charge < -0.3 is 19.9 Å². The van der Waals surface area contributed by atoms with Gasteiger partial charge in [0.1, 0.15) is 18.1 Å². The first kappa shape index (κ1) is 25.4. The summed E-state index contributed by atoms with van der Waals surface area (Å²) in [5, 5.41) is 15.5. The number of guanidine groups is 1. The van der Waals surface area contributed by atoms with Gasteiger partial charge >= 0.3 is 0 Å². The van der Waals surface area contributed by atoms with Crippen molar-refractivity contribution >= 4 is 29.9 Å². The van der Waals surface area contributed by atoms with Crippen molar-refractivity contribution in [2.45, 2.75) is 65.5 Å². The molecule has 1 saturated carbocycles. The SMILES string of the molecule is COc1ccc(CCNC(=NCc2nnc(C)n2C)NC2CCC(C)(C)CC2)cc1.I. The van der Waals surface area contributed by atoms with Crippen molar-refractivity contribution in [1.82, 2.24) is 25.4 Å². The van der Waals surface area contributed by atoms with Crippen LogP contribution in [0.15, 0.2) is 29.3 Å². The Morgan fingerprint density at radius 1 is 1.19 bits per heavy atom. The van der Waals surface area contributed by atoms with Crippen LogP contribution >= 0.6 is 24.0 Å². The molecule has 2 N–H and O–H groups in total. The number of aliphatic imine (C=N–C) groups is 1. The molecule has 1 fully saturated rings. The second-order valence-electron chi connectivity index (χ2n) is 8.99. The van der Waals surface area contributed by atoms with E-state index in [0.29, 0.717) is 18.0 Å². The van der Waals surface area contributed by atoms with Gasteiger partial charge in [-0.2, -0.15) is 0 Å². The summed E-state index contributed by atoms with van der Waals surface area (Å²) in [6.45, 7) is 8.00. The maximum Gasteiger partial charge on any atom is 0.191 e. The van der Waals surface area contributed by atoms with Gasteiger partial charge in [0.2, 0.25) is 0 Å². The Labute approximate surface area is 203 Å². The second kappa shape index (κ2) is 11.7. The summed E-state index contributed by atoms with van der Waals surface area (Å²) in [7, 11) is 3.67. The molecule has 1 heterocycles. The molecule has 1 aromatic carbocycles. The number of nitrogens with one attached hydrogen (secondary N) is 2. The highest BCUT2D eigenvalue weighted by Crippen LogP contribution is 2.34. The standard InChI is InChI=1S/C23H36N6O.HI/c1-17-27-28-21(29(17)4)16-25-22(26-19-10-13-23(2,3)14-11-19)24-15-12-18-6-8-20(30-5)9-7-18;/h6-9,19H,10-16H2,1-5H3,(H2,24,25,26);1H. The zero-order valence-electron chi connectivity index (χ0n) is 19.4. The van der Waals surface area contributed by atoms with E-state index in [1.165, 1.54) is 31.2 Å². The summed E-state index contributed by atoms with van der Waals surface area (Å²) in [6.07, 6.45) is 5.76. The van der Waals surface area contributed by atoms with Crippen molar-refractivity contribution in [3.63, 3.8) is 0 Å². The Morgan fingerprint density at radius 3 is 2.45 bits per heavy atom. The number of hydrogen-bond donors (Lipinski definition) is 2. The lowest BCUT2D eigenvalue weighted by Gasteiger charge is -2.35. The molecule has 1 aliphatic carbocycles. The third-order valence-electron chi connectivity index (χ3n) is 6.11. The predicted octanol–water partition coefficient (Wildman–Crippen LogP) is 4.00. The van der Waals surface area contributed by atoms with Gasteiger partial charge in [0, 0.05) is 19.6 Å². The van der Waals surface area contributed by atoms with E-state index >= 15 is 0 Å². The van der Waals surface area contributed by atoms with Gasteiger partial charge in [-0.3, -0.25) is 0 Å². The monoisotopic (exact) mass is 540 g/mol. The fourth-order valence-corrected chi connectivity index (χ4v) is 3.75. The topological polar surface area (TPSA) is 76.4 Å². The molecule has 172 valence electrons. The van der Waals surface area contributed by atoms with Crippen molar-refractivity contribution < 1.29 is 4.74 Å². The zero-order valence-corrected chi connectivity index (χ0v) is 21.8. The third-order valence-corrected chi connectivity index (χ3v) is 6.11. The van der Waals surface area contributed by atoms with Crippen molar-refractivity contribution in [1.29, 1.82) is 0 Å². The summed E-state index contributed by atoms with van der Waals surface area (Å²) in [4.78, 5) is 4.81. The predicted molar refractivity (Wildman–Crippen MR) is 136 cm³/mol. The highest BCUT2D eigenvalue weighted by molar-refractivity contribution is 14.0. The fraction of sp³-hybridized carbons (Fsp3) is 0.609. The van der Waals surface area contributed by atoms with Gasteiger partial charge in [0.05, 0.1) is 7.11 Å². The molecule has 0 atom stereocenters. The number of ether oxygens (including phenoxy) is 1. The average Bonchev–Trinajstić information content (AvgIpc) is 3.06. The van der Waals surface area contributed by atoms with Crippen LogP contribution in [0.5, 0.6) is 5.75 Å². The first-order valence-electron chi connectivity index (χ1n) is 10.9. The Kier molecular flexibility index (Phi) is 9.58. The van der Waals surface area contributed by atoms with Crippen molar-refractivity contribution in [3.8, 4) is 5.75 Å². The van der Waals surface area contributed by atoms with E-state index in [1.807, 2.05) is 30.7 Å². The highest BCUT2D eigenvalue weighted by atomic mass is 127. The molecule has 0 saturated heterocycles. The average molecular weight is 540 g/mol. The lowest BCUT2D eigenvalue weighted by molar-refractivity contribution is 0.216. The number of aryl methyl sites for hydroxylation is 1. The number of methoxy groups -OCH3 is 1. The van der Waals surface area contributed by atoms with Crippen LogP contribution in [0, 0.1) is 12.3 Å². The van der Waals surface area contributed by atoms with Gasteiger partial charge in [-0.25, -0.2) is 4.99 Å². The minimum atomic E-state index is 0. The maximum absolute atomic E-state index is 5.24. The number of aromatic nitrogens is 3. The molecule has 0 spiro atoms. The van der Waals surface area contributed by atoms with Crippen molar-refractivity contribution in [2.75, 3.05) is 13.7 Å². The third kappa shape index (κ3) is 7.66. The van der Waals surface area contributed by atoms with Gasteiger partial charge in [-0.15, -0.1) is 34.2 Å². The molecule has 0 amide bonds. The van der Waals surface area contributed by atoms with Crippen LogP contribution < -0.4 is 15.4 Å². The van der Waals surface area contributed by atoms with Gasteiger partial charge in [-0.05, 0) is 62.1 Å². The molecule has 0 unspecified atom stereocenters. The fourth-order valence-electron chi connectivity index (χ4n) is 3.75. The number of nitrogens with zero attached hydrogens (tertiary/aromatic N) is 4. The highest BCUT2D eigenvalue weighted by Gasteiger charge is 2.27. The summed E-state index contributed by atoms with van der Waals surface area (Å²) in [6, 6.07) is 8.68. The Hall–Kier alpha value is -1.84. The minimum absolute atomic E-state index is 0. The van der Waals surface area contributed by atoms with E-state index in [1.54, 1.807) is 7.11 Å². The minimum Gasteiger partial charge on any atom is -0.497 e.